The van der Waals surface area contributed by atoms with Crippen LogP contribution in [-0.2, 0) is 14.8 Å². The number of benzene rings is 1. The predicted molar refractivity (Wildman–Crippen MR) is 97.4 cm³/mol. The number of sulfonamides is 1. The summed E-state index contributed by atoms with van der Waals surface area (Å²) in [6.45, 7) is 11.1. The van der Waals surface area contributed by atoms with Gasteiger partial charge in [-0.1, -0.05) is 39.8 Å². The van der Waals surface area contributed by atoms with E-state index in [0.29, 0.717) is 24.9 Å². The van der Waals surface area contributed by atoms with Crippen LogP contribution in [0.2, 0.25) is 0 Å². The summed E-state index contributed by atoms with van der Waals surface area (Å²) in [6, 6.07) is 6.92. The molecule has 0 radical (unpaired) electrons. The molecule has 0 fully saturated rings. The SMILES string of the molecule is CC(=O)N(CCNS(=O)(=O)c1ccc(C(C)C)cc1)CCC(C)C. The molecule has 5 nitrogen and oxygen atoms in total. The molecule has 1 aromatic carbocycles. The van der Waals surface area contributed by atoms with Gasteiger partial charge in [0.15, 0.2) is 0 Å². The first kappa shape index (κ1) is 20.6. The summed E-state index contributed by atoms with van der Waals surface area (Å²) in [4.78, 5) is 13.6. The van der Waals surface area contributed by atoms with Gasteiger partial charge >= 0.3 is 0 Å². The van der Waals surface area contributed by atoms with Crippen molar-refractivity contribution in [2.45, 2.75) is 51.9 Å². The maximum atomic E-state index is 12.3. The van der Waals surface area contributed by atoms with E-state index >= 15 is 0 Å². The van der Waals surface area contributed by atoms with Crippen molar-refractivity contribution in [3.63, 3.8) is 0 Å². The topological polar surface area (TPSA) is 66.5 Å². The van der Waals surface area contributed by atoms with E-state index < -0.39 is 10.0 Å². The molecular weight excluding hydrogens is 324 g/mol. The van der Waals surface area contributed by atoms with Gasteiger partial charge in [-0.05, 0) is 36.0 Å². The van der Waals surface area contributed by atoms with Gasteiger partial charge in [-0.3, -0.25) is 4.79 Å². The first-order valence-corrected chi connectivity index (χ1v) is 9.97. The summed E-state index contributed by atoms with van der Waals surface area (Å²) in [5, 5.41) is 0. The van der Waals surface area contributed by atoms with Crippen LogP contribution in [0.3, 0.4) is 0 Å². The Labute approximate surface area is 146 Å². The largest absolute Gasteiger partial charge is 0.342 e. The molecule has 0 saturated carbocycles. The van der Waals surface area contributed by atoms with Gasteiger partial charge < -0.3 is 4.90 Å². The van der Waals surface area contributed by atoms with Crippen LogP contribution in [0.25, 0.3) is 0 Å². The third-order valence-corrected chi connectivity index (χ3v) is 5.43. The van der Waals surface area contributed by atoms with E-state index in [1.807, 2.05) is 12.1 Å². The standard InChI is InChI=1S/C18H30N2O3S/c1-14(2)10-12-20(16(5)21)13-11-19-24(22,23)18-8-6-17(7-9-18)15(3)4/h6-9,14-15,19H,10-13H2,1-5H3. The molecular formula is C18H30N2O3S. The second kappa shape index (κ2) is 9.18. The van der Waals surface area contributed by atoms with E-state index in [2.05, 4.69) is 32.4 Å². The van der Waals surface area contributed by atoms with Gasteiger partial charge in [-0.25, -0.2) is 13.1 Å². The van der Waals surface area contributed by atoms with E-state index in [9.17, 15) is 13.2 Å². The van der Waals surface area contributed by atoms with Crippen molar-refractivity contribution in [1.29, 1.82) is 0 Å². The molecule has 0 aliphatic rings. The maximum Gasteiger partial charge on any atom is 0.240 e. The number of carbonyl (C=O) groups is 1. The molecule has 0 atom stereocenters. The molecule has 0 heterocycles. The van der Waals surface area contributed by atoms with Crippen LogP contribution in [-0.4, -0.2) is 38.9 Å². The highest BCUT2D eigenvalue weighted by atomic mass is 32.2. The highest BCUT2D eigenvalue weighted by Gasteiger charge is 2.15. The Morgan fingerprint density at radius 3 is 2.12 bits per heavy atom. The molecule has 1 aromatic rings. The Morgan fingerprint density at radius 2 is 1.67 bits per heavy atom. The lowest BCUT2D eigenvalue weighted by atomic mass is 10.0. The first-order valence-electron chi connectivity index (χ1n) is 8.48. The van der Waals surface area contributed by atoms with Crippen LogP contribution in [0.15, 0.2) is 29.2 Å². The van der Waals surface area contributed by atoms with E-state index in [0.717, 1.165) is 12.0 Å². The second-order valence-corrected chi connectivity index (χ2v) is 8.58. The van der Waals surface area contributed by atoms with Crippen molar-refractivity contribution in [2.75, 3.05) is 19.6 Å². The van der Waals surface area contributed by atoms with Gasteiger partial charge in [-0.15, -0.1) is 0 Å². The molecule has 0 aliphatic heterocycles. The molecule has 24 heavy (non-hydrogen) atoms. The molecule has 0 spiro atoms. The third-order valence-electron chi connectivity index (χ3n) is 3.95. The lowest BCUT2D eigenvalue weighted by molar-refractivity contribution is -0.128. The summed E-state index contributed by atoms with van der Waals surface area (Å²) in [5.41, 5.74) is 1.10. The minimum absolute atomic E-state index is 0.0314. The minimum Gasteiger partial charge on any atom is -0.342 e. The van der Waals surface area contributed by atoms with Gasteiger partial charge in [0.25, 0.3) is 0 Å². The molecule has 0 aliphatic carbocycles. The van der Waals surface area contributed by atoms with E-state index in [-0.39, 0.29) is 17.3 Å². The molecule has 0 saturated heterocycles. The van der Waals surface area contributed by atoms with Crippen LogP contribution in [0.4, 0.5) is 0 Å². The van der Waals surface area contributed by atoms with Gasteiger partial charge in [0.2, 0.25) is 15.9 Å². The molecule has 0 bridgehead atoms. The fraction of sp³-hybridized carbons (Fsp3) is 0.611. The minimum atomic E-state index is -3.54. The monoisotopic (exact) mass is 354 g/mol. The van der Waals surface area contributed by atoms with E-state index in [4.69, 9.17) is 0 Å². The summed E-state index contributed by atoms with van der Waals surface area (Å²) in [5.74, 6) is 0.832. The molecule has 136 valence electrons. The van der Waals surface area contributed by atoms with E-state index in [1.165, 1.54) is 6.92 Å². The van der Waals surface area contributed by atoms with Gasteiger partial charge in [-0.2, -0.15) is 0 Å². The summed E-state index contributed by atoms with van der Waals surface area (Å²) < 4.78 is 27.2. The number of amides is 1. The average molecular weight is 355 g/mol. The molecule has 6 heteroatoms. The van der Waals surface area contributed by atoms with Crippen LogP contribution in [0, 0.1) is 5.92 Å². The van der Waals surface area contributed by atoms with Gasteiger partial charge in [0, 0.05) is 26.6 Å². The molecule has 1 amide bonds. The lowest BCUT2D eigenvalue weighted by Crippen LogP contribution is -2.38. The van der Waals surface area contributed by atoms with Crippen LogP contribution in [0.5, 0.6) is 0 Å². The number of nitrogens with zero attached hydrogens (tertiary/aromatic N) is 1. The number of nitrogens with one attached hydrogen (secondary N) is 1. The quantitative estimate of drug-likeness (QED) is 0.741. The number of hydrogen-bond acceptors (Lipinski definition) is 3. The van der Waals surface area contributed by atoms with Crippen molar-refractivity contribution in [1.82, 2.24) is 9.62 Å². The Morgan fingerprint density at radius 1 is 1.08 bits per heavy atom. The third kappa shape index (κ3) is 6.61. The number of rotatable bonds is 9. The average Bonchev–Trinajstić information content (AvgIpc) is 2.50. The highest BCUT2D eigenvalue weighted by molar-refractivity contribution is 7.89. The Hall–Kier alpha value is -1.40. The lowest BCUT2D eigenvalue weighted by Gasteiger charge is -2.22. The Kier molecular flexibility index (Phi) is 7.90. The summed E-state index contributed by atoms with van der Waals surface area (Å²) in [7, 11) is -3.54. The number of hydrogen-bond donors (Lipinski definition) is 1. The van der Waals surface area contributed by atoms with Gasteiger partial charge in [0.1, 0.15) is 0 Å². The van der Waals surface area contributed by atoms with Crippen LogP contribution in [0.1, 0.15) is 52.5 Å². The first-order chi connectivity index (χ1) is 11.1. The fourth-order valence-corrected chi connectivity index (χ4v) is 3.29. The fourth-order valence-electron chi connectivity index (χ4n) is 2.27. The Balaban J connectivity index is 2.62. The number of carbonyl (C=O) groups excluding carboxylic acids is 1. The van der Waals surface area contributed by atoms with Crippen molar-refractivity contribution >= 4 is 15.9 Å². The molecule has 1 N–H and O–H groups in total. The van der Waals surface area contributed by atoms with Crippen molar-refractivity contribution in [2.24, 2.45) is 5.92 Å². The zero-order valence-corrected chi connectivity index (χ0v) is 16.2. The van der Waals surface area contributed by atoms with E-state index in [1.54, 1.807) is 17.0 Å². The second-order valence-electron chi connectivity index (χ2n) is 6.81. The van der Waals surface area contributed by atoms with Crippen LogP contribution >= 0.6 is 0 Å². The predicted octanol–water partition coefficient (Wildman–Crippen LogP) is 2.98. The zero-order chi connectivity index (χ0) is 18.3. The maximum absolute atomic E-state index is 12.3. The van der Waals surface area contributed by atoms with Gasteiger partial charge in [0.05, 0.1) is 4.90 Å². The highest BCUT2D eigenvalue weighted by Crippen LogP contribution is 2.17. The van der Waals surface area contributed by atoms with Crippen molar-refractivity contribution in [3.8, 4) is 0 Å². The molecule has 0 aromatic heterocycles. The normalized spacial score (nSPS) is 12.0. The summed E-state index contributed by atoms with van der Waals surface area (Å²) >= 11 is 0. The van der Waals surface area contributed by atoms with Crippen molar-refractivity contribution < 1.29 is 13.2 Å². The molecule has 0 unspecified atom stereocenters. The smallest absolute Gasteiger partial charge is 0.240 e. The summed E-state index contributed by atoms with van der Waals surface area (Å²) in [6.07, 6.45) is 0.906. The van der Waals surface area contributed by atoms with Crippen LogP contribution < -0.4 is 4.72 Å². The molecule has 1 rings (SSSR count). The Bertz CT molecular complexity index is 622. The zero-order valence-electron chi connectivity index (χ0n) is 15.4. The van der Waals surface area contributed by atoms with Crippen molar-refractivity contribution in [3.05, 3.63) is 29.8 Å².